The van der Waals surface area contributed by atoms with Crippen molar-refractivity contribution in [2.24, 2.45) is 0 Å². The number of benzene rings is 5. The monoisotopic (exact) mass is 779 g/mol. The van der Waals surface area contributed by atoms with Gasteiger partial charge in [-0.15, -0.1) is 0 Å². The highest BCUT2D eigenvalue weighted by Gasteiger charge is 2.52. The highest BCUT2D eigenvalue weighted by molar-refractivity contribution is 9.10. The molecule has 2 aliphatic rings. The predicted molar refractivity (Wildman–Crippen MR) is 203 cm³/mol. The van der Waals surface area contributed by atoms with Crippen molar-refractivity contribution in [2.75, 3.05) is 32.8 Å². The smallest absolute Gasteiger partial charge is 0.289 e. The van der Waals surface area contributed by atoms with E-state index in [4.69, 9.17) is 4.74 Å². The molecule has 2 heterocycles. The number of aliphatic hydroxyl groups is 1. The van der Waals surface area contributed by atoms with Crippen LogP contribution < -0.4 is 0 Å². The number of sulfonamides is 1. The van der Waals surface area contributed by atoms with E-state index in [-0.39, 0.29) is 49.2 Å². The van der Waals surface area contributed by atoms with Crippen molar-refractivity contribution in [1.82, 2.24) is 9.21 Å². The van der Waals surface area contributed by atoms with Crippen LogP contribution in [0.2, 0.25) is 0 Å². The zero-order valence-corrected chi connectivity index (χ0v) is 30.6. The van der Waals surface area contributed by atoms with Gasteiger partial charge in [-0.25, -0.2) is 8.42 Å². The Morgan fingerprint density at radius 2 is 1.35 bits per heavy atom. The maximum absolute atomic E-state index is 14.2. The molecule has 0 aliphatic carbocycles. The third-order valence-electron chi connectivity index (χ3n) is 10.2. The lowest BCUT2D eigenvalue weighted by molar-refractivity contribution is -0.387. The normalized spacial score (nSPS) is 20.8. The van der Waals surface area contributed by atoms with E-state index in [1.54, 1.807) is 6.08 Å². The third kappa shape index (κ3) is 6.76. The van der Waals surface area contributed by atoms with Crippen molar-refractivity contribution in [2.45, 2.75) is 28.5 Å². The molecule has 0 radical (unpaired) electrons. The molecule has 5 aromatic rings. The van der Waals surface area contributed by atoms with E-state index in [0.717, 1.165) is 26.7 Å². The Morgan fingerprint density at radius 1 is 0.808 bits per heavy atom. The standard InChI is InChI=1S/C41H38BrN3O6S/c42-35-22-20-31(21-23-35)40-37-27-43(52(49,50)39-19-11-10-18-36(39)45(47)48)25-24-30(28-46)26-44(37)38(40)29-51-41(32-12-4-1-5-13-32,33-14-6-2-7-15-33)34-16-8-3-9-17-34/h1-24,37-38,40,46H,25-29H2/b30-24+/t37-,38+,40+/m0/s1. The Balaban J connectivity index is 1.31. The maximum atomic E-state index is 14.2. The van der Waals surface area contributed by atoms with Gasteiger partial charge < -0.3 is 9.84 Å². The number of nitro benzene ring substituents is 1. The molecule has 11 heteroatoms. The van der Waals surface area contributed by atoms with Gasteiger partial charge in [-0.1, -0.05) is 137 Å². The SMILES string of the molecule is O=[N+]([O-])c1ccccc1S(=O)(=O)N1C/C=C(/CO)CN2[C@H](COC(c3ccccc3)(c3ccccc3)c3ccccc3)[C@H](c3ccc(Br)cc3)[C@@H]2C1. The van der Waals surface area contributed by atoms with E-state index in [9.17, 15) is 23.6 Å². The van der Waals surface area contributed by atoms with Crippen LogP contribution in [0.4, 0.5) is 5.69 Å². The van der Waals surface area contributed by atoms with Crippen LogP contribution in [0.1, 0.15) is 28.2 Å². The first-order chi connectivity index (χ1) is 25.2. The second-order valence-electron chi connectivity index (χ2n) is 13.0. The largest absolute Gasteiger partial charge is 0.392 e. The summed E-state index contributed by atoms with van der Waals surface area (Å²) in [7, 11) is -4.30. The van der Waals surface area contributed by atoms with Crippen LogP contribution in [0, 0.1) is 10.1 Å². The highest BCUT2D eigenvalue weighted by Crippen LogP contribution is 2.47. The van der Waals surface area contributed by atoms with Gasteiger partial charge in [0.1, 0.15) is 5.60 Å². The molecule has 5 aromatic carbocycles. The lowest BCUT2D eigenvalue weighted by atomic mass is 9.74. The Morgan fingerprint density at radius 3 is 1.88 bits per heavy atom. The van der Waals surface area contributed by atoms with Gasteiger partial charge in [0.05, 0.1) is 18.1 Å². The van der Waals surface area contributed by atoms with Crippen molar-refractivity contribution in [3.63, 3.8) is 0 Å². The average Bonchev–Trinajstić information content (AvgIpc) is 3.17. The van der Waals surface area contributed by atoms with E-state index in [2.05, 4.69) is 57.2 Å². The lowest BCUT2D eigenvalue weighted by Gasteiger charge is -2.57. The fourth-order valence-corrected chi connectivity index (χ4v) is 9.48. The first kappa shape index (κ1) is 35.9. The number of hydrogen-bond acceptors (Lipinski definition) is 7. The minimum atomic E-state index is -4.30. The topological polar surface area (TPSA) is 113 Å². The van der Waals surface area contributed by atoms with Crippen molar-refractivity contribution < 1.29 is 23.2 Å². The minimum Gasteiger partial charge on any atom is -0.392 e. The summed E-state index contributed by atoms with van der Waals surface area (Å²) in [5.41, 5.74) is 3.12. The number of ether oxygens (including phenoxy) is 1. The number of nitrogens with zero attached hydrogens (tertiary/aromatic N) is 3. The van der Waals surface area contributed by atoms with E-state index >= 15 is 0 Å². The lowest BCUT2D eigenvalue weighted by Crippen LogP contribution is -2.68. The Labute approximate surface area is 312 Å². The Kier molecular flexibility index (Phi) is 10.5. The van der Waals surface area contributed by atoms with Crippen molar-refractivity contribution in [3.05, 3.63) is 188 Å². The Hall–Kier alpha value is -4.49. The summed E-state index contributed by atoms with van der Waals surface area (Å²) in [6.45, 7) is 0.479. The summed E-state index contributed by atoms with van der Waals surface area (Å²) in [4.78, 5) is 13.1. The zero-order valence-electron chi connectivity index (χ0n) is 28.2. The van der Waals surface area contributed by atoms with Crippen molar-refractivity contribution in [1.29, 1.82) is 0 Å². The number of halogens is 1. The fraction of sp³-hybridized carbons (Fsp3) is 0.220. The van der Waals surface area contributed by atoms with Crippen LogP contribution >= 0.6 is 15.9 Å². The van der Waals surface area contributed by atoms with Crippen LogP contribution in [0.3, 0.4) is 0 Å². The second-order valence-corrected chi connectivity index (χ2v) is 15.9. The summed E-state index contributed by atoms with van der Waals surface area (Å²) in [5, 5.41) is 22.4. The van der Waals surface area contributed by atoms with E-state index in [1.165, 1.54) is 28.6 Å². The van der Waals surface area contributed by atoms with Gasteiger partial charge in [0, 0.05) is 48.2 Å². The molecule has 0 spiro atoms. The number of rotatable bonds is 11. The number of aliphatic hydroxyl groups excluding tert-OH is 1. The molecule has 0 aromatic heterocycles. The molecule has 0 bridgehead atoms. The second kappa shape index (κ2) is 15.2. The molecular weight excluding hydrogens is 742 g/mol. The molecular formula is C41H38BrN3O6S. The molecule has 3 atom stereocenters. The van der Waals surface area contributed by atoms with E-state index < -0.39 is 26.2 Å². The number of hydrogen-bond donors (Lipinski definition) is 1. The van der Waals surface area contributed by atoms with Crippen LogP contribution in [0.25, 0.3) is 0 Å². The molecule has 7 rings (SSSR count). The predicted octanol–water partition coefficient (Wildman–Crippen LogP) is 7.13. The number of fused-ring (bicyclic) bond motifs is 1. The molecule has 1 N–H and O–H groups in total. The van der Waals surface area contributed by atoms with Crippen LogP contribution in [0.15, 0.2) is 161 Å². The average molecular weight is 781 g/mol. The van der Waals surface area contributed by atoms with Crippen molar-refractivity contribution >= 4 is 31.6 Å². The maximum Gasteiger partial charge on any atom is 0.289 e. The molecule has 1 fully saturated rings. The molecule has 52 heavy (non-hydrogen) atoms. The summed E-state index contributed by atoms with van der Waals surface area (Å²) >= 11 is 3.56. The first-order valence-corrected chi connectivity index (χ1v) is 19.3. The highest BCUT2D eigenvalue weighted by atomic mass is 79.9. The summed E-state index contributed by atoms with van der Waals surface area (Å²) in [6, 6.07) is 43.4. The molecule has 0 amide bonds. The van der Waals surface area contributed by atoms with Gasteiger partial charge in [0.25, 0.3) is 5.69 Å². The van der Waals surface area contributed by atoms with Crippen molar-refractivity contribution in [3.8, 4) is 0 Å². The summed E-state index contributed by atoms with van der Waals surface area (Å²) < 4.78 is 38.0. The van der Waals surface area contributed by atoms with Crippen LogP contribution in [-0.4, -0.2) is 72.6 Å². The molecule has 1 saturated heterocycles. The third-order valence-corrected chi connectivity index (χ3v) is 12.6. The first-order valence-electron chi connectivity index (χ1n) is 17.1. The Bertz CT molecular complexity index is 2060. The summed E-state index contributed by atoms with van der Waals surface area (Å²) in [6.07, 6.45) is 1.72. The molecule has 0 unspecified atom stereocenters. The van der Waals surface area contributed by atoms with Gasteiger partial charge >= 0.3 is 0 Å². The zero-order chi connectivity index (χ0) is 36.3. The van der Waals surface area contributed by atoms with Gasteiger partial charge in [0.15, 0.2) is 4.90 Å². The minimum absolute atomic E-state index is 0.0258. The number of para-hydroxylation sites is 1. The van der Waals surface area contributed by atoms with Gasteiger partial charge in [-0.05, 0) is 46.0 Å². The fourth-order valence-electron chi connectivity index (χ4n) is 7.66. The molecule has 266 valence electrons. The van der Waals surface area contributed by atoms with Crippen LogP contribution in [0.5, 0.6) is 0 Å². The molecule has 9 nitrogen and oxygen atoms in total. The van der Waals surface area contributed by atoms with Gasteiger partial charge in [0.2, 0.25) is 10.0 Å². The van der Waals surface area contributed by atoms with E-state index in [1.807, 2.05) is 78.9 Å². The van der Waals surface area contributed by atoms with E-state index in [0.29, 0.717) is 12.1 Å². The van der Waals surface area contributed by atoms with Gasteiger partial charge in [-0.2, -0.15) is 4.31 Å². The molecule has 2 aliphatic heterocycles. The summed E-state index contributed by atoms with van der Waals surface area (Å²) in [5.74, 6) is -0.172. The number of nitro groups is 1. The molecule has 0 saturated carbocycles. The van der Waals surface area contributed by atoms with Crippen LogP contribution in [-0.2, 0) is 20.4 Å². The van der Waals surface area contributed by atoms with Gasteiger partial charge in [-0.3, -0.25) is 15.0 Å². The quantitative estimate of drug-likeness (QED) is 0.0658.